The predicted molar refractivity (Wildman–Crippen MR) is 63.1 cm³/mol. The van der Waals surface area contributed by atoms with Gasteiger partial charge in [0, 0.05) is 22.3 Å². The van der Waals surface area contributed by atoms with Gasteiger partial charge in [-0.2, -0.15) is 13.2 Å². The first-order chi connectivity index (χ1) is 8.61. The number of methoxy groups -OCH3 is 2. The molecule has 1 rings (SSSR count). The molecule has 0 heterocycles. The zero-order valence-electron chi connectivity index (χ0n) is 9.86. The highest BCUT2D eigenvalue weighted by Crippen LogP contribution is 2.45. The highest BCUT2D eigenvalue weighted by molar-refractivity contribution is 8.14. The molecule has 1 unspecified atom stereocenters. The van der Waals surface area contributed by atoms with Crippen LogP contribution in [-0.4, -0.2) is 28.8 Å². The van der Waals surface area contributed by atoms with Crippen molar-refractivity contribution in [3.8, 4) is 11.5 Å². The summed E-state index contributed by atoms with van der Waals surface area (Å²) >= 11 is 0. The van der Waals surface area contributed by atoms with Crippen LogP contribution in [0, 0.1) is 0 Å². The summed E-state index contributed by atoms with van der Waals surface area (Å²) in [5.41, 5.74) is -0.592. The molecule has 1 atom stereocenters. The first-order valence-corrected chi connectivity index (χ1v) is 7.20. The minimum atomic E-state index is -5.05. The quantitative estimate of drug-likeness (QED) is 0.801. The van der Waals surface area contributed by atoms with Crippen molar-refractivity contribution in [3.05, 3.63) is 23.8 Å². The van der Waals surface area contributed by atoms with E-state index >= 15 is 0 Å². The summed E-state index contributed by atoms with van der Waals surface area (Å²) in [6.07, 6.45) is -5.05. The van der Waals surface area contributed by atoms with E-state index in [1.54, 1.807) is 0 Å². The molecule has 0 saturated heterocycles. The Labute approximate surface area is 112 Å². The van der Waals surface area contributed by atoms with Crippen LogP contribution in [0.25, 0.3) is 0 Å². The summed E-state index contributed by atoms with van der Waals surface area (Å²) in [6, 6.07) is 3.30. The standard InChI is InChI=1S/C10H10ClF3O4S/c1-17-6-3-4-7(8(5-6)18-2)9(10(12,13)14)19(11,15)16/h3-5,9H,1-2H3. The lowest BCUT2D eigenvalue weighted by molar-refractivity contribution is -0.131. The smallest absolute Gasteiger partial charge is 0.410 e. The molecule has 0 fully saturated rings. The number of hydrogen-bond acceptors (Lipinski definition) is 4. The van der Waals surface area contributed by atoms with Gasteiger partial charge in [0.2, 0.25) is 9.05 Å². The van der Waals surface area contributed by atoms with Crippen LogP contribution in [-0.2, 0) is 9.05 Å². The number of halogens is 4. The molecule has 0 spiro atoms. The molecule has 0 aliphatic carbocycles. The maximum Gasteiger partial charge on any atom is 0.410 e. The van der Waals surface area contributed by atoms with E-state index in [4.69, 9.17) is 20.2 Å². The second kappa shape index (κ2) is 5.46. The second-order valence-corrected chi connectivity index (χ2v) is 6.22. The third kappa shape index (κ3) is 3.66. The van der Waals surface area contributed by atoms with Crippen molar-refractivity contribution in [2.75, 3.05) is 14.2 Å². The summed E-state index contributed by atoms with van der Waals surface area (Å²) < 4.78 is 70.4. The lowest BCUT2D eigenvalue weighted by atomic mass is 10.1. The molecule has 9 heteroatoms. The number of ether oxygens (including phenoxy) is 2. The molecule has 0 aliphatic rings. The van der Waals surface area contributed by atoms with Crippen LogP contribution < -0.4 is 9.47 Å². The fourth-order valence-electron chi connectivity index (χ4n) is 1.52. The summed E-state index contributed by atoms with van der Waals surface area (Å²) in [6.45, 7) is 0. The van der Waals surface area contributed by atoms with E-state index in [9.17, 15) is 21.6 Å². The molecule has 19 heavy (non-hydrogen) atoms. The molecule has 0 radical (unpaired) electrons. The molecule has 0 amide bonds. The third-order valence-electron chi connectivity index (χ3n) is 2.30. The van der Waals surface area contributed by atoms with Crippen molar-refractivity contribution in [1.29, 1.82) is 0 Å². The number of benzene rings is 1. The Hall–Kier alpha value is -1.15. The topological polar surface area (TPSA) is 52.6 Å². The zero-order chi connectivity index (χ0) is 14.8. The van der Waals surface area contributed by atoms with Gasteiger partial charge in [0.15, 0.2) is 5.25 Å². The SMILES string of the molecule is COc1ccc(C(C(F)(F)F)S(=O)(=O)Cl)c(OC)c1. The van der Waals surface area contributed by atoms with Crippen LogP contribution in [0.3, 0.4) is 0 Å². The van der Waals surface area contributed by atoms with Gasteiger partial charge in [-0.1, -0.05) is 0 Å². The molecule has 1 aromatic rings. The number of rotatable bonds is 4. The largest absolute Gasteiger partial charge is 0.497 e. The Morgan fingerprint density at radius 3 is 2.16 bits per heavy atom. The van der Waals surface area contributed by atoms with Crippen LogP contribution in [0.5, 0.6) is 11.5 Å². The van der Waals surface area contributed by atoms with Gasteiger partial charge in [0.25, 0.3) is 0 Å². The van der Waals surface area contributed by atoms with Crippen LogP contribution in [0.15, 0.2) is 18.2 Å². The first-order valence-electron chi connectivity index (χ1n) is 4.83. The molecular formula is C10H10ClF3O4S. The van der Waals surface area contributed by atoms with Crippen molar-refractivity contribution in [3.63, 3.8) is 0 Å². The number of hydrogen-bond donors (Lipinski definition) is 0. The number of alkyl halides is 3. The van der Waals surface area contributed by atoms with E-state index in [0.29, 0.717) is 0 Å². The Morgan fingerprint density at radius 2 is 1.79 bits per heavy atom. The molecule has 108 valence electrons. The van der Waals surface area contributed by atoms with E-state index in [2.05, 4.69) is 0 Å². The average Bonchev–Trinajstić information content (AvgIpc) is 2.25. The highest BCUT2D eigenvalue weighted by atomic mass is 35.7. The van der Waals surface area contributed by atoms with E-state index < -0.39 is 26.0 Å². The Balaban J connectivity index is 3.48. The van der Waals surface area contributed by atoms with Gasteiger partial charge in [-0.05, 0) is 12.1 Å². The molecule has 0 aromatic heterocycles. The Bertz CT molecular complexity index is 556. The van der Waals surface area contributed by atoms with E-state index in [-0.39, 0.29) is 11.5 Å². The van der Waals surface area contributed by atoms with Crippen molar-refractivity contribution >= 4 is 19.7 Å². The second-order valence-electron chi connectivity index (χ2n) is 3.51. The fraction of sp³-hybridized carbons (Fsp3) is 0.400. The zero-order valence-corrected chi connectivity index (χ0v) is 11.4. The van der Waals surface area contributed by atoms with E-state index in [1.807, 2.05) is 0 Å². The monoisotopic (exact) mass is 318 g/mol. The van der Waals surface area contributed by atoms with Gasteiger partial charge in [0.1, 0.15) is 11.5 Å². The molecule has 0 aliphatic heterocycles. The molecular weight excluding hydrogens is 309 g/mol. The molecule has 0 N–H and O–H groups in total. The average molecular weight is 319 g/mol. The third-order valence-corrected chi connectivity index (χ3v) is 3.92. The van der Waals surface area contributed by atoms with E-state index in [0.717, 1.165) is 19.2 Å². The van der Waals surface area contributed by atoms with Crippen LogP contribution in [0.2, 0.25) is 0 Å². The minimum absolute atomic E-state index is 0.230. The van der Waals surface area contributed by atoms with Gasteiger partial charge in [-0.3, -0.25) is 0 Å². The lowest BCUT2D eigenvalue weighted by Gasteiger charge is -2.20. The van der Waals surface area contributed by atoms with Crippen molar-refractivity contribution < 1.29 is 31.1 Å². The van der Waals surface area contributed by atoms with Crippen LogP contribution in [0.4, 0.5) is 13.2 Å². The molecule has 0 bridgehead atoms. The lowest BCUT2D eigenvalue weighted by Crippen LogP contribution is -2.26. The Morgan fingerprint density at radius 1 is 1.21 bits per heavy atom. The van der Waals surface area contributed by atoms with E-state index in [1.165, 1.54) is 13.2 Å². The summed E-state index contributed by atoms with van der Waals surface area (Å²) in [7, 11) is 2.42. The van der Waals surface area contributed by atoms with Gasteiger partial charge in [0.05, 0.1) is 14.2 Å². The van der Waals surface area contributed by atoms with Crippen LogP contribution in [0.1, 0.15) is 10.8 Å². The minimum Gasteiger partial charge on any atom is -0.497 e. The van der Waals surface area contributed by atoms with Crippen molar-refractivity contribution in [1.82, 2.24) is 0 Å². The van der Waals surface area contributed by atoms with Crippen LogP contribution >= 0.6 is 10.7 Å². The highest BCUT2D eigenvalue weighted by Gasteiger charge is 2.50. The molecule has 0 saturated carbocycles. The maximum atomic E-state index is 12.9. The van der Waals surface area contributed by atoms with Crippen molar-refractivity contribution in [2.24, 2.45) is 0 Å². The van der Waals surface area contributed by atoms with Crippen molar-refractivity contribution in [2.45, 2.75) is 11.4 Å². The normalized spacial score (nSPS) is 14.0. The maximum absolute atomic E-state index is 12.9. The molecule has 4 nitrogen and oxygen atoms in total. The molecule has 1 aromatic carbocycles. The Kier molecular flexibility index (Phi) is 4.57. The van der Waals surface area contributed by atoms with Gasteiger partial charge in [-0.15, -0.1) is 0 Å². The first kappa shape index (κ1) is 15.9. The predicted octanol–water partition coefficient (Wildman–Crippen LogP) is 2.88. The summed E-state index contributed by atoms with van der Waals surface area (Å²) in [5, 5.41) is -2.86. The fourth-order valence-corrected chi connectivity index (χ4v) is 2.93. The van der Waals surface area contributed by atoms with Gasteiger partial charge in [-0.25, -0.2) is 8.42 Å². The van der Waals surface area contributed by atoms with Gasteiger partial charge < -0.3 is 9.47 Å². The summed E-state index contributed by atoms with van der Waals surface area (Å²) in [4.78, 5) is 0. The summed E-state index contributed by atoms with van der Waals surface area (Å²) in [5.74, 6) is -0.0422. The van der Waals surface area contributed by atoms with Gasteiger partial charge >= 0.3 is 6.18 Å².